The monoisotopic (exact) mass is 880 g/mol. The van der Waals surface area contributed by atoms with E-state index in [1.807, 2.05) is 39.8 Å². The van der Waals surface area contributed by atoms with Gasteiger partial charge >= 0.3 is 0 Å². The number of rotatable bonds is 14. The number of methoxy groups -OCH3 is 12. The maximum atomic E-state index is 5.76. The number of hydrogen-bond acceptors (Lipinski definition) is 12. The molecule has 0 aromatic heterocycles. The van der Waals surface area contributed by atoms with E-state index < -0.39 is 0 Å². The fraction of sp³-hybridized carbons (Fsp3) is 0.400. The van der Waals surface area contributed by atoms with Gasteiger partial charge in [0.05, 0.1) is 94.3 Å². The molecular formula is C40H50Br2O12. The van der Waals surface area contributed by atoms with Gasteiger partial charge in [-0.05, 0) is 93.9 Å². The molecule has 12 nitrogen and oxygen atoms in total. The van der Waals surface area contributed by atoms with E-state index in [-0.39, 0.29) is 0 Å². The van der Waals surface area contributed by atoms with Crippen molar-refractivity contribution < 1.29 is 56.8 Å². The molecular weight excluding hydrogens is 832 g/mol. The van der Waals surface area contributed by atoms with Crippen molar-refractivity contribution in [1.82, 2.24) is 0 Å². The predicted molar refractivity (Wildman–Crippen MR) is 217 cm³/mol. The number of benzene rings is 4. The van der Waals surface area contributed by atoms with Gasteiger partial charge in [-0.15, -0.1) is 0 Å². The Morgan fingerprint density at radius 1 is 0.296 bits per heavy atom. The maximum Gasteiger partial charge on any atom is 0.205 e. The summed E-state index contributed by atoms with van der Waals surface area (Å²) < 4.78 is 68.7. The molecule has 0 aliphatic rings. The summed E-state index contributed by atoms with van der Waals surface area (Å²) >= 11 is 7.26. The average molecular weight is 883 g/mol. The van der Waals surface area contributed by atoms with E-state index in [4.69, 9.17) is 56.8 Å². The van der Waals surface area contributed by atoms with E-state index in [1.165, 1.54) is 0 Å². The van der Waals surface area contributed by atoms with E-state index >= 15 is 0 Å². The Labute approximate surface area is 335 Å². The number of hydrogen-bond donors (Lipinski definition) is 0. The van der Waals surface area contributed by atoms with Crippen molar-refractivity contribution in [2.75, 3.05) is 85.3 Å². The second kappa shape index (κ2) is 19.2. The smallest absolute Gasteiger partial charge is 0.205 e. The van der Waals surface area contributed by atoms with Crippen molar-refractivity contribution in [2.24, 2.45) is 0 Å². The van der Waals surface area contributed by atoms with E-state index in [0.29, 0.717) is 69.0 Å². The zero-order valence-corrected chi connectivity index (χ0v) is 37.0. The lowest BCUT2D eigenvalue weighted by atomic mass is 9.93. The first kappa shape index (κ1) is 43.8. The molecule has 0 aliphatic heterocycles. The summed E-state index contributed by atoms with van der Waals surface area (Å²) in [6.45, 7) is 7.89. The normalized spacial score (nSPS) is 10.4. The minimum Gasteiger partial charge on any atom is -0.493 e. The first-order valence-electron chi connectivity index (χ1n) is 16.4. The Kier molecular flexibility index (Phi) is 15.6. The third kappa shape index (κ3) is 7.68. The predicted octanol–water partition coefficient (Wildman–Crippen LogP) is 9.57. The summed E-state index contributed by atoms with van der Waals surface area (Å²) in [4.78, 5) is 0. The average Bonchev–Trinajstić information content (AvgIpc) is 3.18. The lowest BCUT2D eigenvalue weighted by Gasteiger charge is -2.25. The van der Waals surface area contributed by atoms with Gasteiger partial charge in [-0.1, -0.05) is 0 Å². The molecule has 0 heterocycles. The van der Waals surface area contributed by atoms with E-state index in [1.54, 1.807) is 85.3 Å². The molecule has 0 saturated heterocycles. The van der Waals surface area contributed by atoms with Crippen LogP contribution < -0.4 is 56.8 Å². The van der Waals surface area contributed by atoms with Crippen LogP contribution in [0, 0.1) is 27.7 Å². The second-order valence-electron chi connectivity index (χ2n) is 11.5. The standard InChI is InChI=1S/C20H24Br2O6.C20H26O6/c1-9-11(15(23-3)19(27-7)17(25-5)13(9)21)12-10(2)14(22)18(26-6)20(28-8)16(12)24-4;1-11-9-13(21-3)17(23-5)19(25-7)15(11)16-12(2)10-14(22-4)18(24-6)20(16)26-8/h1-8H3;9-10H,1-8H3. The maximum absolute atomic E-state index is 5.76. The molecule has 54 heavy (non-hydrogen) atoms. The van der Waals surface area contributed by atoms with Crippen LogP contribution in [0.1, 0.15) is 22.3 Å². The molecule has 4 rings (SSSR count). The van der Waals surface area contributed by atoms with Crippen LogP contribution in [0.4, 0.5) is 0 Å². The molecule has 4 aromatic carbocycles. The van der Waals surface area contributed by atoms with Gasteiger partial charge in [0, 0.05) is 22.3 Å². The van der Waals surface area contributed by atoms with Crippen molar-refractivity contribution in [2.45, 2.75) is 27.7 Å². The highest BCUT2D eigenvalue weighted by atomic mass is 79.9. The number of aryl methyl sites for hydroxylation is 2. The molecule has 0 fully saturated rings. The van der Waals surface area contributed by atoms with Gasteiger partial charge in [-0.25, -0.2) is 0 Å². The van der Waals surface area contributed by atoms with E-state index in [0.717, 1.165) is 53.5 Å². The summed E-state index contributed by atoms with van der Waals surface area (Å²) in [6, 6.07) is 3.82. The minimum absolute atomic E-state index is 0.477. The molecule has 296 valence electrons. The van der Waals surface area contributed by atoms with Gasteiger partial charge in [0.25, 0.3) is 0 Å². The van der Waals surface area contributed by atoms with E-state index in [2.05, 4.69) is 31.9 Å². The van der Waals surface area contributed by atoms with Crippen LogP contribution in [0.3, 0.4) is 0 Å². The Morgan fingerprint density at radius 2 is 0.537 bits per heavy atom. The second-order valence-corrected chi connectivity index (χ2v) is 13.1. The van der Waals surface area contributed by atoms with Crippen LogP contribution in [-0.4, -0.2) is 85.3 Å². The highest BCUT2D eigenvalue weighted by molar-refractivity contribution is 9.11. The number of halogens is 2. The topological polar surface area (TPSA) is 111 Å². The molecule has 0 amide bonds. The summed E-state index contributed by atoms with van der Waals surface area (Å²) in [7, 11) is 19.0. The molecule has 0 N–H and O–H groups in total. The first-order chi connectivity index (χ1) is 25.8. The fourth-order valence-electron chi connectivity index (χ4n) is 6.44. The van der Waals surface area contributed by atoms with Crippen LogP contribution in [-0.2, 0) is 0 Å². The van der Waals surface area contributed by atoms with Gasteiger partial charge in [-0.2, -0.15) is 0 Å². The highest BCUT2D eigenvalue weighted by Gasteiger charge is 2.32. The van der Waals surface area contributed by atoms with Crippen LogP contribution in [0.2, 0.25) is 0 Å². The summed E-state index contributed by atoms with van der Waals surface area (Å²) in [5.74, 6) is 6.49. The van der Waals surface area contributed by atoms with Gasteiger partial charge in [-0.3, -0.25) is 0 Å². The Bertz CT molecular complexity index is 1840. The van der Waals surface area contributed by atoms with Crippen molar-refractivity contribution in [3.05, 3.63) is 43.3 Å². The quantitative estimate of drug-likeness (QED) is 0.120. The Morgan fingerprint density at radius 3 is 0.759 bits per heavy atom. The zero-order chi connectivity index (χ0) is 40.6. The third-order valence-corrected chi connectivity index (χ3v) is 10.8. The van der Waals surface area contributed by atoms with Crippen molar-refractivity contribution in [1.29, 1.82) is 0 Å². The lowest BCUT2D eigenvalue weighted by Crippen LogP contribution is -2.05. The van der Waals surface area contributed by atoms with Crippen LogP contribution in [0.25, 0.3) is 22.3 Å². The molecule has 14 heteroatoms. The summed E-state index contributed by atoms with van der Waals surface area (Å²) in [6.07, 6.45) is 0. The van der Waals surface area contributed by atoms with Crippen LogP contribution >= 0.6 is 31.9 Å². The summed E-state index contributed by atoms with van der Waals surface area (Å²) in [5, 5.41) is 0. The molecule has 4 aromatic rings. The zero-order valence-electron chi connectivity index (χ0n) is 33.8. The molecule has 0 atom stereocenters. The summed E-state index contributed by atoms with van der Waals surface area (Å²) in [5.41, 5.74) is 6.98. The molecule has 0 aliphatic carbocycles. The molecule has 0 saturated carbocycles. The van der Waals surface area contributed by atoms with Crippen LogP contribution in [0.5, 0.6) is 69.0 Å². The lowest BCUT2D eigenvalue weighted by molar-refractivity contribution is 0.320. The third-order valence-electron chi connectivity index (χ3n) is 8.87. The van der Waals surface area contributed by atoms with Gasteiger partial charge in [0.15, 0.2) is 46.0 Å². The fourth-order valence-corrected chi connectivity index (χ4v) is 7.52. The Balaban J connectivity index is 0.000000291. The van der Waals surface area contributed by atoms with Gasteiger partial charge in [0.2, 0.25) is 23.0 Å². The van der Waals surface area contributed by atoms with Gasteiger partial charge < -0.3 is 56.8 Å². The molecule has 0 unspecified atom stereocenters. The van der Waals surface area contributed by atoms with Crippen molar-refractivity contribution in [3.63, 3.8) is 0 Å². The van der Waals surface area contributed by atoms with E-state index in [9.17, 15) is 0 Å². The Hall–Kier alpha value is -4.56. The first-order valence-corrected chi connectivity index (χ1v) is 18.0. The van der Waals surface area contributed by atoms with Crippen molar-refractivity contribution >= 4 is 31.9 Å². The highest BCUT2D eigenvalue weighted by Crippen LogP contribution is 2.58. The van der Waals surface area contributed by atoms with Crippen LogP contribution in [0.15, 0.2) is 21.1 Å². The number of ether oxygens (including phenoxy) is 12. The van der Waals surface area contributed by atoms with Gasteiger partial charge in [0.1, 0.15) is 0 Å². The van der Waals surface area contributed by atoms with Crippen molar-refractivity contribution in [3.8, 4) is 91.2 Å². The molecule has 0 bridgehead atoms. The molecule has 0 radical (unpaired) electrons. The SMILES string of the molecule is COc1c(Br)c(C)c(-c2c(C)c(Br)c(OC)c(OC)c2OC)c(OC)c1OC.COc1cc(C)c(-c2c(C)cc(OC)c(OC)c2OC)c(OC)c1OC. The largest absolute Gasteiger partial charge is 0.493 e. The minimum atomic E-state index is 0.477. The molecule has 0 spiro atoms.